The summed E-state index contributed by atoms with van der Waals surface area (Å²) in [4.78, 5) is 18.2. The molecule has 0 bridgehead atoms. The van der Waals surface area contributed by atoms with E-state index < -0.39 is 5.60 Å². The van der Waals surface area contributed by atoms with Crippen LogP contribution >= 0.6 is 0 Å². The Labute approximate surface area is 161 Å². The molecule has 0 radical (unpaired) electrons. The number of hydrogen-bond donors (Lipinski definition) is 2. The molecule has 152 valence electrons. The molecule has 1 fully saturated rings. The third-order valence-corrected chi connectivity index (χ3v) is 3.98. The maximum atomic E-state index is 11.6. The number of aryl methyl sites for hydroxylation is 1. The monoisotopic (exact) mass is 380 g/mol. The Balaban J connectivity index is 1.72. The van der Waals surface area contributed by atoms with Crippen LogP contribution in [0.15, 0.2) is 17.4 Å². The number of nitrogens with zero attached hydrogens (tertiary/aromatic N) is 4. The van der Waals surface area contributed by atoms with E-state index in [2.05, 4.69) is 25.6 Å². The van der Waals surface area contributed by atoms with Crippen LogP contribution in [0.4, 0.5) is 4.79 Å². The summed E-state index contributed by atoms with van der Waals surface area (Å²) >= 11 is 0. The first-order valence-corrected chi connectivity index (χ1v) is 9.31. The number of aliphatic imine (C=N–C) groups is 1. The zero-order chi connectivity index (χ0) is 19.9. The molecule has 2 heterocycles. The van der Waals surface area contributed by atoms with Crippen LogP contribution in [0.2, 0.25) is 0 Å². The SMILES string of the molecule is CN=C(NCCCNC(=O)OC(C)(C)C)N1CCOC(c2cnn(C)c2)C1. The number of nitrogens with one attached hydrogen (secondary N) is 2. The number of carbonyl (C=O) groups excluding carboxylic acids is 1. The molecule has 1 aromatic rings. The second kappa shape index (κ2) is 9.59. The molecule has 9 heteroatoms. The number of aromatic nitrogens is 2. The number of amides is 1. The number of alkyl carbamates (subject to hydrolysis) is 1. The smallest absolute Gasteiger partial charge is 0.407 e. The van der Waals surface area contributed by atoms with Crippen LogP contribution in [0.5, 0.6) is 0 Å². The third kappa shape index (κ3) is 7.09. The minimum Gasteiger partial charge on any atom is -0.444 e. The van der Waals surface area contributed by atoms with Crippen molar-refractivity contribution in [2.75, 3.05) is 39.8 Å². The second-order valence-electron chi connectivity index (χ2n) is 7.51. The minimum absolute atomic E-state index is 0.0140. The molecule has 27 heavy (non-hydrogen) atoms. The van der Waals surface area contributed by atoms with Gasteiger partial charge in [-0.05, 0) is 27.2 Å². The molecule has 1 amide bonds. The van der Waals surface area contributed by atoms with E-state index >= 15 is 0 Å². The Hall–Kier alpha value is -2.29. The summed E-state index contributed by atoms with van der Waals surface area (Å²) < 4.78 is 12.9. The molecule has 0 spiro atoms. The highest BCUT2D eigenvalue weighted by Gasteiger charge is 2.25. The van der Waals surface area contributed by atoms with Gasteiger partial charge >= 0.3 is 6.09 Å². The van der Waals surface area contributed by atoms with Crippen LogP contribution in [0, 0.1) is 0 Å². The van der Waals surface area contributed by atoms with Crippen molar-refractivity contribution in [3.8, 4) is 0 Å². The van der Waals surface area contributed by atoms with E-state index in [1.807, 2.05) is 40.2 Å². The fourth-order valence-corrected chi connectivity index (χ4v) is 2.78. The van der Waals surface area contributed by atoms with Gasteiger partial charge in [-0.3, -0.25) is 9.67 Å². The van der Waals surface area contributed by atoms with Crippen molar-refractivity contribution in [1.82, 2.24) is 25.3 Å². The molecule has 0 saturated carbocycles. The molecule has 1 atom stereocenters. The van der Waals surface area contributed by atoms with Gasteiger partial charge in [0.05, 0.1) is 19.3 Å². The highest BCUT2D eigenvalue weighted by atomic mass is 16.6. The minimum atomic E-state index is -0.481. The molecule has 1 saturated heterocycles. The maximum absolute atomic E-state index is 11.6. The van der Waals surface area contributed by atoms with Gasteiger partial charge in [0.15, 0.2) is 5.96 Å². The van der Waals surface area contributed by atoms with E-state index in [0.29, 0.717) is 19.7 Å². The normalized spacial score (nSPS) is 18.3. The van der Waals surface area contributed by atoms with Gasteiger partial charge in [0.25, 0.3) is 0 Å². The summed E-state index contributed by atoms with van der Waals surface area (Å²) in [5.74, 6) is 0.837. The Morgan fingerprint density at radius 2 is 2.15 bits per heavy atom. The van der Waals surface area contributed by atoms with E-state index in [9.17, 15) is 4.79 Å². The van der Waals surface area contributed by atoms with E-state index in [1.54, 1.807) is 11.7 Å². The van der Waals surface area contributed by atoms with Crippen LogP contribution in [-0.4, -0.2) is 72.2 Å². The lowest BCUT2D eigenvalue weighted by Crippen LogP contribution is -2.48. The lowest BCUT2D eigenvalue weighted by atomic mass is 10.1. The fourth-order valence-electron chi connectivity index (χ4n) is 2.78. The van der Waals surface area contributed by atoms with Crippen LogP contribution in [0.1, 0.15) is 38.9 Å². The van der Waals surface area contributed by atoms with Crippen LogP contribution in [-0.2, 0) is 16.5 Å². The second-order valence-corrected chi connectivity index (χ2v) is 7.51. The van der Waals surface area contributed by atoms with Gasteiger partial charge < -0.3 is 25.0 Å². The molecule has 1 unspecified atom stereocenters. The molecule has 1 aliphatic rings. The predicted molar refractivity (Wildman–Crippen MR) is 104 cm³/mol. The van der Waals surface area contributed by atoms with Gasteiger partial charge in [0.2, 0.25) is 0 Å². The first kappa shape index (κ1) is 21.0. The number of rotatable bonds is 5. The predicted octanol–water partition coefficient (Wildman–Crippen LogP) is 1.28. The maximum Gasteiger partial charge on any atom is 0.407 e. The first-order chi connectivity index (χ1) is 12.8. The number of morpholine rings is 1. The number of hydrogen-bond acceptors (Lipinski definition) is 5. The molecule has 1 aliphatic heterocycles. The molecule has 0 aromatic carbocycles. The number of carbonyl (C=O) groups is 1. The van der Waals surface area contributed by atoms with E-state index in [1.165, 1.54) is 0 Å². The highest BCUT2D eigenvalue weighted by Crippen LogP contribution is 2.21. The molecule has 2 N–H and O–H groups in total. The van der Waals surface area contributed by atoms with Crippen molar-refractivity contribution in [3.05, 3.63) is 18.0 Å². The lowest BCUT2D eigenvalue weighted by molar-refractivity contribution is -0.00802. The quantitative estimate of drug-likeness (QED) is 0.454. The lowest BCUT2D eigenvalue weighted by Gasteiger charge is -2.34. The summed E-state index contributed by atoms with van der Waals surface area (Å²) in [7, 11) is 3.67. The summed E-state index contributed by atoms with van der Waals surface area (Å²) in [6, 6.07) is 0. The van der Waals surface area contributed by atoms with Gasteiger partial charge in [-0.2, -0.15) is 5.10 Å². The van der Waals surface area contributed by atoms with Gasteiger partial charge in [0, 0.05) is 45.5 Å². The topological polar surface area (TPSA) is 93.0 Å². The van der Waals surface area contributed by atoms with Gasteiger partial charge in [-0.1, -0.05) is 0 Å². The van der Waals surface area contributed by atoms with E-state index in [0.717, 1.165) is 31.0 Å². The molecule has 9 nitrogen and oxygen atoms in total. The Bertz CT molecular complexity index is 637. The Morgan fingerprint density at radius 1 is 1.41 bits per heavy atom. The average molecular weight is 380 g/mol. The summed E-state index contributed by atoms with van der Waals surface area (Å²) in [5, 5.41) is 10.3. The average Bonchev–Trinajstić information content (AvgIpc) is 3.03. The molecular formula is C18H32N6O3. The summed E-state index contributed by atoms with van der Waals surface area (Å²) in [5.41, 5.74) is 0.588. The fraction of sp³-hybridized carbons (Fsp3) is 0.722. The molecule has 2 rings (SSSR count). The number of guanidine groups is 1. The van der Waals surface area contributed by atoms with Crippen molar-refractivity contribution in [2.24, 2.45) is 12.0 Å². The molecule has 1 aromatic heterocycles. The van der Waals surface area contributed by atoms with Crippen LogP contribution in [0.3, 0.4) is 0 Å². The molecule has 0 aliphatic carbocycles. The van der Waals surface area contributed by atoms with Gasteiger partial charge in [0.1, 0.15) is 11.7 Å². The summed E-state index contributed by atoms with van der Waals surface area (Å²) in [6.45, 7) is 8.93. The van der Waals surface area contributed by atoms with Crippen LogP contribution < -0.4 is 10.6 Å². The van der Waals surface area contributed by atoms with Crippen molar-refractivity contribution < 1.29 is 14.3 Å². The molecular weight excluding hydrogens is 348 g/mol. The zero-order valence-corrected chi connectivity index (χ0v) is 17.0. The van der Waals surface area contributed by atoms with E-state index in [-0.39, 0.29) is 12.2 Å². The third-order valence-electron chi connectivity index (χ3n) is 3.98. The van der Waals surface area contributed by atoms with Gasteiger partial charge in [-0.15, -0.1) is 0 Å². The Kier molecular flexibility index (Phi) is 7.46. The van der Waals surface area contributed by atoms with Crippen LogP contribution in [0.25, 0.3) is 0 Å². The highest BCUT2D eigenvalue weighted by molar-refractivity contribution is 5.80. The number of ether oxygens (including phenoxy) is 2. The first-order valence-electron chi connectivity index (χ1n) is 9.31. The van der Waals surface area contributed by atoms with Crippen molar-refractivity contribution in [2.45, 2.75) is 38.9 Å². The summed E-state index contributed by atoms with van der Waals surface area (Å²) in [6.07, 6.45) is 4.19. The van der Waals surface area contributed by atoms with Crippen molar-refractivity contribution >= 4 is 12.1 Å². The van der Waals surface area contributed by atoms with Crippen molar-refractivity contribution in [1.29, 1.82) is 0 Å². The van der Waals surface area contributed by atoms with Crippen molar-refractivity contribution in [3.63, 3.8) is 0 Å². The zero-order valence-electron chi connectivity index (χ0n) is 17.0. The Morgan fingerprint density at radius 3 is 2.78 bits per heavy atom. The standard InChI is InChI=1S/C18H32N6O3/c1-18(2,3)27-17(25)21-8-6-7-20-16(19-4)24-9-10-26-15(13-24)14-11-22-23(5)12-14/h11-12,15H,6-10,13H2,1-5H3,(H,19,20)(H,21,25). The largest absolute Gasteiger partial charge is 0.444 e. The van der Waals surface area contributed by atoms with Gasteiger partial charge in [-0.25, -0.2) is 4.79 Å². The van der Waals surface area contributed by atoms with E-state index in [4.69, 9.17) is 9.47 Å².